The van der Waals surface area contributed by atoms with E-state index in [1.54, 1.807) is 17.1 Å². The van der Waals surface area contributed by atoms with E-state index < -0.39 is 0 Å². The summed E-state index contributed by atoms with van der Waals surface area (Å²) in [4.78, 5) is 11.9. The van der Waals surface area contributed by atoms with Crippen molar-refractivity contribution in [1.29, 1.82) is 0 Å². The molecule has 1 saturated heterocycles. The monoisotopic (exact) mass is 348 g/mol. The molecule has 8 nitrogen and oxygen atoms in total. The lowest BCUT2D eigenvalue weighted by Crippen LogP contribution is -2.31. The van der Waals surface area contributed by atoms with Crippen LogP contribution in [-0.4, -0.2) is 44.6 Å². The van der Waals surface area contributed by atoms with Crippen molar-refractivity contribution in [3.05, 3.63) is 23.6 Å². The maximum atomic E-state index is 6.40. The Bertz CT molecular complexity index is 857. The van der Waals surface area contributed by atoms with Gasteiger partial charge in [-0.1, -0.05) is 11.6 Å². The summed E-state index contributed by atoms with van der Waals surface area (Å²) in [6.45, 7) is 4.69. The summed E-state index contributed by atoms with van der Waals surface area (Å²) in [6.07, 6.45) is 3.47. The van der Waals surface area contributed by atoms with Crippen molar-refractivity contribution < 1.29 is 9.47 Å². The van der Waals surface area contributed by atoms with Crippen molar-refractivity contribution in [2.24, 2.45) is 5.92 Å². The minimum atomic E-state index is 0.404. The number of aromatic amines is 1. The van der Waals surface area contributed by atoms with Crippen molar-refractivity contribution in [3.63, 3.8) is 0 Å². The number of H-pyrrole nitrogens is 1. The fourth-order valence-corrected chi connectivity index (χ4v) is 2.76. The molecule has 0 atom stereocenters. The lowest BCUT2D eigenvalue weighted by atomic mass is 10.1. The van der Waals surface area contributed by atoms with Gasteiger partial charge in [-0.2, -0.15) is 15.1 Å². The largest absolute Gasteiger partial charge is 0.477 e. The first-order chi connectivity index (χ1) is 11.7. The zero-order valence-electron chi connectivity index (χ0n) is 13.1. The van der Waals surface area contributed by atoms with Crippen LogP contribution in [0.4, 0.5) is 11.6 Å². The molecule has 3 aromatic rings. The van der Waals surface area contributed by atoms with Crippen LogP contribution in [0.5, 0.6) is 5.88 Å². The molecule has 24 heavy (non-hydrogen) atoms. The summed E-state index contributed by atoms with van der Waals surface area (Å²) >= 11 is 6.40. The Balaban J connectivity index is 1.59. The first-order valence-electron chi connectivity index (χ1n) is 7.78. The number of ether oxygens (including phenoxy) is 2. The van der Waals surface area contributed by atoms with Crippen molar-refractivity contribution in [2.75, 3.05) is 25.1 Å². The molecule has 0 aliphatic carbocycles. The molecule has 0 unspecified atom stereocenters. The number of halogens is 1. The van der Waals surface area contributed by atoms with E-state index in [0.29, 0.717) is 40.8 Å². The minimum absolute atomic E-state index is 0.404. The molecule has 4 rings (SSSR count). The standard InChI is InChI=1S/C15H17ClN6O2/c1-2-24-14-10-3-4-17-13(10)20-15(21-14)19-11-5-18-22(12(11)16)6-9-7-23-8-9/h3-5,9H,2,6-8H2,1H3,(H2,17,19,20,21). The Morgan fingerprint density at radius 1 is 1.46 bits per heavy atom. The second kappa shape index (κ2) is 6.29. The Morgan fingerprint density at radius 2 is 2.33 bits per heavy atom. The number of nitrogens with zero attached hydrogens (tertiary/aromatic N) is 4. The molecule has 0 saturated carbocycles. The molecule has 0 amide bonds. The number of hydrogen-bond donors (Lipinski definition) is 2. The highest BCUT2D eigenvalue weighted by molar-refractivity contribution is 6.32. The van der Waals surface area contributed by atoms with Crippen LogP contribution in [0.3, 0.4) is 0 Å². The maximum Gasteiger partial charge on any atom is 0.232 e. The highest BCUT2D eigenvalue weighted by Crippen LogP contribution is 2.28. The molecule has 2 N–H and O–H groups in total. The van der Waals surface area contributed by atoms with Gasteiger partial charge in [0.05, 0.1) is 37.1 Å². The third-order valence-corrected chi connectivity index (χ3v) is 4.22. The third-order valence-electron chi connectivity index (χ3n) is 3.82. The van der Waals surface area contributed by atoms with E-state index >= 15 is 0 Å². The summed E-state index contributed by atoms with van der Waals surface area (Å²) in [7, 11) is 0. The summed E-state index contributed by atoms with van der Waals surface area (Å²) < 4.78 is 12.5. The van der Waals surface area contributed by atoms with E-state index in [-0.39, 0.29) is 0 Å². The summed E-state index contributed by atoms with van der Waals surface area (Å²) in [5.74, 6) is 1.40. The molecule has 1 aliphatic rings. The van der Waals surface area contributed by atoms with Gasteiger partial charge >= 0.3 is 0 Å². The first-order valence-corrected chi connectivity index (χ1v) is 8.16. The van der Waals surface area contributed by atoms with Crippen LogP contribution in [-0.2, 0) is 11.3 Å². The Hall–Kier alpha value is -2.32. The van der Waals surface area contributed by atoms with Gasteiger partial charge in [-0.3, -0.25) is 4.68 Å². The van der Waals surface area contributed by atoms with Crippen LogP contribution >= 0.6 is 11.6 Å². The Morgan fingerprint density at radius 3 is 3.08 bits per heavy atom. The maximum absolute atomic E-state index is 6.40. The zero-order valence-corrected chi connectivity index (χ0v) is 13.9. The predicted molar refractivity (Wildman–Crippen MR) is 89.9 cm³/mol. The quantitative estimate of drug-likeness (QED) is 0.711. The van der Waals surface area contributed by atoms with Crippen LogP contribution < -0.4 is 10.1 Å². The van der Waals surface area contributed by atoms with Gasteiger partial charge in [-0.25, -0.2) is 0 Å². The van der Waals surface area contributed by atoms with E-state index in [9.17, 15) is 0 Å². The Kier molecular flexibility index (Phi) is 3.99. The summed E-state index contributed by atoms with van der Waals surface area (Å²) in [5.41, 5.74) is 1.36. The van der Waals surface area contributed by atoms with E-state index in [4.69, 9.17) is 21.1 Å². The average Bonchev–Trinajstić information content (AvgIpc) is 3.12. The second-order valence-corrected chi connectivity index (χ2v) is 5.94. The van der Waals surface area contributed by atoms with Crippen LogP contribution in [0, 0.1) is 5.92 Å². The van der Waals surface area contributed by atoms with Crippen molar-refractivity contribution >= 4 is 34.3 Å². The number of rotatable bonds is 6. The minimum Gasteiger partial charge on any atom is -0.477 e. The summed E-state index contributed by atoms with van der Waals surface area (Å²) in [6, 6.07) is 1.88. The van der Waals surface area contributed by atoms with Gasteiger partial charge in [-0.15, -0.1) is 0 Å². The lowest BCUT2D eigenvalue weighted by molar-refractivity contribution is -0.0408. The zero-order chi connectivity index (χ0) is 16.5. The number of aromatic nitrogens is 5. The number of hydrogen-bond acceptors (Lipinski definition) is 6. The smallest absolute Gasteiger partial charge is 0.232 e. The average molecular weight is 349 g/mol. The number of fused-ring (bicyclic) bond motifs is 1. The molecule has 0 bridgehead atoms. The topological polar surface area (TPSA) is 89.9 Å². The van der Waals surface area contributed by atoms with Crippen LogP contribution in [0.1, 0.15) is 6.92 Å². The molecule has 4 heterocycles. The van der Waals surface area contributed by atoms with Crippen molar-refractivity contribution in [3.8, 4) is 5.88 Å². The van der Waals surface area contributed by atoms with Crippen LogP contribution in [0.2, 0.25) is 5.15 Å². The van der Waals surface area contributed by atoms with Crippen molar-refractivity contribution in [1.82, 2.24) is 24.7 Å². The predicted octanol–water partition coefficient (Wildman–Crippen LogP) is 2.60. The fraction of sp³-hybridized carbons (Fsp3) is 0.400. The van der Waals surface area contributed by atoms with Gasteiger partial charge in [0.15, 0.2) is 5.15 Å². The normalized spacial score (nSPS) is 14.8. The second-order valence-electron chi connectivity index (χ2n) is 5.58. The Labute approximate surface area is 143 Å². The van der Waals surface area contributed by atoms with E-state index in [1.807, 2.05) is 13.0 Å². The van der Waals surface area contributed by atoms with Crippen molar-refractivity contribution in [2.45, 2.75) is 13.5 Å². The highest BCUT2D eigenvalue weighted by atomic mass is 35.5. The van der Waals surface area contributed by atoms with Gasteiger partial charge in [0.25, 0.3) is 0 Å². The highest BCUT2D eigenvalue weighted by Gasteiger charge is 2.21. The molecule has 3 aromatic heterocycles. The first kappa shape index (κ1) is 15.2. The lowest BCUT2D eigenvalue weighted by Gasteiger charge is -2.25. The summed E-state index contributed by atoms with van der Waals surface area (Å²) in [5, 5.41) is 8.80. The molecule has 9 heteroatoms. The van der Waals surface area contributed by atoms with Gasteiger partial charge in [0.2, 0.25) is 11.8 Å². The molecule has 1 aliphatic heterocycles. The molecule has 0 spiro atoms. The van der Waals surface area contributed by atoms with Gasteiger partial charge in [0, 0.05) is 18.7 Å². The SMILES string of the molecule is CCOc1nc(Nc2cnn(CC3COC3)c2Cl)nc2[nH]ccc12. The van der Waals surface area contributed by atoms with Crippen LogP contribution in [0.25, 0.3) is 11.0 Å². The van der Waals surface area contributed by atoms with Gasteiger partial charge < -0.3 is 19.8 Å². The number of nitrogens with one attached hydrogen (secondary N) is 2. The van der Waals surface area contributed by atoms with E-state index in [0.717, 1.165) is 25.1 Å². The number of anilines is 2. The molecule has 0 radical (unpaired) electrons. The molecule has 1 fully saturated rings. The van der Waals surface area contributed by atoms with E-state index in [1.165, 1.54) is 0 Å². The molecule has 0 aromatic carbocycles. The van der Waals surface area contributed by atoms with E-state index in [2.05, 4.69) is 25.4 Å². The molecular weight excluding hydrogens is 332 g/mol. The fourth-order valence-electron chi connectivity index (χ4n) is 2.55. The van der Waals surface area contributed by atoms with Gasteiger partial charge in [-0.05, 0) is 13.0 Å². The molecule has 126 valence electrons. The van der Waals surface area contributed by atoms with Crippen LogP contribution in [0.15, 0.2) is 18.5 Å². The van der Waals surface area contributed by atoms with Gasteiger partial charge in [0.1, 0.15) is 5.65 Å². The molecular formula is C15H17ClN6O2. The third kappa shape index (κ3) is 2.78.